The summed E-state index contributed by atoms with van der Waals surface area (Å²) in [6, 6.07) is 18.1. The molecule has 130 valence electrons. The maximum Gasteiger partial charge on any atom is 0.247 e. The van der Waals surface area contributed by atoms with Crippen molar-refractivity contribution < 1.29 is 40.2 Å². The van der Waals surface area contributed by atoms with Gasteiger partial charge >= 0.3 is 0 Å². The van der Waals surface area contributed by atoms with Gasteiger partial charge in [-0.05, 0) is 12.8 Å². The van der Waals surface area contributed by atoms with E-state index in [0.717, 1.165) is 0 Å². The van der Waals surface area contributed by atoms with Crippen LogP contribution < -0.4 is 0 Å². The van der Waals surface area contributed by atoms with Crippen molar-refractivity contribution >= 4 is 23.1 Å². The Hall–Kier alpha value is -2.45. The van der Waals surface area contributed by atoms with E-state index in [9.17, 15) is 9.59 Å². The summed E-state index contributed by atoms with van der Waals surface area (Å²) in [5.74, 6) is 0.346. The summed E-state index contributed by atoms with van der Waals surface area (Å²) in [4.78, 5) is 36.5. The van der Waals surface area contributed by atoms with Crippen LogP contribution in [-0.4, -0.2) is 42.3 Å². The zero-order valence-electron chi connectivity index (χ0n) is 14.1. The zero-order valence-corrected chi connectivity index (χ0v) is 17.1. The normalized spacial score (nSPS) is 8.72. The minimum absolute atomic E-state index is 0. The van der Waals surface area contributed by atoms with Crippen LogP contribution in [0, 0.1) is 12.8 Å². The molecule has 4 N–H and O–H groups in total. The molecule has 25 heavy (non-hydrogen) atoms. The van der Waals surface area contributed by atoms with Gasteiger partial charge in [0, 0.05) is 34.9 Å². The van der Waals surface area contributed by atoms with Gasteiger partial charge in [-0.2, -0.15) is 0 Å². The standard InChI is InChI=1S/2C10H9O2.W/c2*1-8(11)7-10(12)9-5-3-2-4-6-9;/h2*2-7H,1H3;/q2*-1;/p+4. The van der Waals surface area contributed by atoms with E-state index in [0.29, 0.717) is 11.1 Å². The monoisotopic (exact) mass is 510 g/mol. The third kappa shape index (κ3) is 9.43. The molecule has 2 aromatic rings. The Morgan fingerprint density at radius 1 is 0.600 bits per heavy atom. The second-order valence-electron chi connectivity index (χ2n) is 5.07. The van der Waals surface area contributed by atoms with Crippen molar-refractivity contribution in [3.05, 3.63) is 84.6 Å². The summed E-state index contributed by atoms with van der Waals surface area (Å²) >= 11 is 0. The minimum atomic E-state index is 0. The van der Waals surface area contributed by atoms with Crippen LogP contribution in [0.5, 0.6) is 0 Å². The fourth-order valence-corrected chi connectivity index (χ4v) is 1.78. The van der Waals surface area contributed by atoms with Gasteiger partial charge in [-0.15, -0.1) is 24.3 Å². The smallest absolute Gasteiger partial charge is 0.247 e. The molecule has 2 aromatic carbocycles. The Kier molecular flexibility index (Phi) is 10.8. The topological polar surface area (TPSA) is 85.6 Å². The predicted molar refractivity (Wildman–Crippen MR) is 98.8 cm³/mol. The van der Waals surface area contributed by atoms with E-state index in [1.807, 2.05) is 36.4 Å². The van der Waals surface area contributed by atoms with Crippen LogP contribution in [-0.2, 0) is 21.1 Å². The first kappa shape index (κ1) is 22.5. The second kappa shape index (κ2) is 12.0. The molecule has 0 radical (unpaired) electrons. The van der Waals surface area contributed by atoms with Crippen molar-refractivity contribution in [1.82, 2.24) is 0 Å². The van der Waals surface area contributed by atoms with Gasteiger partial charge in [0.15, 0.2) is 0 Å². The average Bonchev–Trinajstić information content (AvgIpc) is 2.56. The molecule has 2 rings (SSSR count). The summed E-state index contributed by atoms with van der Waals surface area (Å²) in [5, 5.41) is 0. The second-order valence-corrected chi connectivity index (χ2v) is 5.07. The van der Waals surface area contributed by atoms with Crippen molar-refractivity contribution in [2.75, 3.05) is 0 Å². The first-order chi connectivity index (χ1) is 11.4. The molecule has 0 bridgehead atoms. The Bertz CT molecular complexity index is 645. The molecule has 0 saturated carbocycles. The quantitative estimate of drug-likeness (QED) is 0.248. The predicted octanol–water partition coefficient (Wildman–Crippen LogP) is 2.69. The van der Waals surface area contributed by atoms with E-state index >= 15 is 0 Å². The number of rotatable bonds is 6. The number of carbonyl (C=O) groups excluding carboxylic acids is 4. The van der Waals surface area contributed by atoms with Gasteiger partial charge < -0.3 is 9.59 Å². The fraction of sp³-hybridized carbons (Fsp3) is 0.100. The summed E-state index contributed by atoms with van der Waals surface area (Å²) in [6.45, 7) is 3.03. The third-order valence-electron chi connectivity index (χ3n) is 2.83. The van der Waals surface area contributed by atoms with Crippen LogP contribution in [0.1, 0.15) is 25.0 Å². The van der Waals surface area contributed by atoms with Crippen molar-refractivity contribution in [3.63, 3.8) is 0 Å². The van der Waals surface area contributed by atoms with E-state index in [1.54, 1.807) is 24.3 Å². The minimum Gasteiger partial charge on any atom is -0.313 e. The van der Waals surface area contributed by atoms with Gasteiger partial charge in [0.25, 0.3) is 0 Å². The molecule has 0 aliphatic rings. The molecule has 0 amide bonds. The molecular weight excluding hydrogens is 488 g/mol. The summed E-state index contributed by atoms with van der Waals surface area (Å²) in [6.07, 6.45) is 2.63. The molecule has 0 aromatic heterocycles. The molecule has 0 aliphatic carbocycles. The molecular formula is C20H22O4W+2. The number of ketones is 4. The zero-order chi connectivity index (χ0) is 17.9. The van der Waals surface area contributed by atoms with Crippen LogP contribution in [0.25, 0.3) is 0 Å². The van der Waals surface area contributed by atoms with E-state index in [2.05, 4.69) is 0 Å². The van der Waals surface area contributed by atoms with Crippen LogP contribution >= 0.6 is 0 Å². The Balaban J connectivity index is 0.000000443. The first-order valence-corrected chi connectivity index (χ1v) is 7.37. The van der Waals surface area contributed by atoms with E-state index in [4.69, 9.17) is 9.59 Å². The maximum absolute atomic E-state index is 9.37. The molecule has 0 aliphatic heterocycles. The number of benzene rings is 2. The van der Waals surface area contributed by atoms with Crippen LogP contribution in [0.4, 0.5) is 0 Å². The van der Waals surface area contributed by atoms with Gasteiger partial charge in [-0.3, -0.25) is 9.59 Å². The van der Waals surface area contributed by atoms with Crippen molar-refractivity contribution in [2.24, 2.45) is 0 Å². The Morgan fingerprint density at radius 3 is 1.12 bits per heavy atom. The number of hydrogen-bond acceptors (Lipinski definition) is 0. The van der Waals surface area contributed by atoms with E-state index in [-0.39, 0.29) is 44.2 Å². The largest absolute Gasteiger partial charge is 0.313 e. The number of hydrogen-bond donors (Lipinski definition) is 0. The van der Waals surface area contributed by atoms with Crippen LogP contribution in [0.3, 0.4) is 0 Å². The van der Waals surface area contributed by atoms with Crippen molar-refractivity contribution in [2.45, 2.75) is 13.8 Å². The molecule has 0 heterocycles. The summed E-state index contributed by atoms with van der Waals surface area (Å²) < 4.78 is 0. The van der Waals surface area contributed by atoms with E-state index < -0.39 is 0 Å². The van der Waals surface area contributed by atoms with Gasteiger partial charge in [-0.25, -0.2) is 0 Å². The van der Waals surface area contributed by atoms with Gasteiger partial charge in [-0.1, -0.05) is 47.5 Å². The average molecular weight is 510 g/mol. The first-order valence-electron chi connectivity index (χ1n) is 7.37. The Morgan fingerprint density at radius 2 is 0.880 bits per heavy atom. The molecule has 0 unspecified atom stereocenters. The van der Waals surface area contributed by atoms with Gasteiger partial charge in [0.1, 0.15) is 0 Å². The summed E-state index contributed by atoms with van der Waals surface area (Å²) in [5.41, 5.74) is 1.40. The molecule has 4 nitrogen and oxygen atoms in total. The SMILES string of the molecule is CC(=[OH+])[CH-]C(=[OH+])c1ccccc1.CC(=[OH+])[CH-]C(=[OH+])c1ccccc1.[W]. The molecule has 0 spiro atoms. The fourth-order valence-electron chi connectivity index (χ4n) is 1.78. The van der Waals surface area contributed by atoms with Gasteiger partial charge in [0.05, 0.1) is 0 Å². The molecule has 0 fully saturated rings. The van der Waals surface area contributed by atoms with Crippen LogP contribution in [0.2, 0.25) is 0 Å². The van der Waals surface area contributed by atoms with Gasteiger partial charge in [0.2, 0.25) is 23.1 Å². The summed E-state index contributed by atoms with van der Waals surface area (Å²) in [7, 11) is 0. The molecule has 5 heteroatoms. The van der Waals surface area contributed by atoms with Crippen molar-refractivity contribution in [3.8, 4) is 0 Å². The molecule has 0 atom stereocenters. The van der Waals surface area contributed by atoms with E-state index in [1.165, 1.54) is 26.7 Å². The Labute approximate surface area is 161 Å². The van der Waals surface area contributed by atoms with Crippen molar-refractivity contribution in [1.29, 1.82) is 0 Å². The molecule has 0 saturated heterocycles. The van der Waals surface area contributed by atoms with Crippen LogP contribution in [0.15, 0.2) is 60.7 Å². The maximum atomic E-state index is 9.37. The third-order valence-corrected chi connectivity index (χ3v) is 2.83.